The highest BCUT2D eigenvalue weighted by Gasteiger charge is 2.16. The van der Waals surface area contributed by atoms with E-state index in [0.717, 1.165) is 31.7 Å². The number of nitro benzene ring substituents is 1. The van der Waals surface area contributed by atoms with E-state index in [1.54, 1.807) is 12.1 Å². The van der Waals surface area contributed by atoms with Crippen molar-refractivity contribution in [2.45, 2.75) is 6.54 Å². The Labute approximate surface area is 106 Å². The van der Waals surface area contributed by atoms with E-state index >= 15 is 0 Å². The number of nitrogen functional groups attached to an aromatic ring is 1. The molecule has 1 fully saturated rings. The lowest BCUT2D eigenvalue weighted by molar-refractivity contribution is -0.384. The fraction of sp³-hybridized carbons (Fsp3) is 0.500. The number of hydrogen-bond donors (Lipinski definition) is 1. The number of nitrogens with zero attached hydrogens (tertiary/aromatic N) is 3. The van der Waals surface area contributed by atoms with Gasteiger partial charge in [-0.3, -0.25) is 15.0 Å². The molecule has 18 heavy (non-hydrogen) atoms. The first kappa shape index (κ1) is 12.8. The molecule has 0 atom stereocenters. The van der Waals surface area contributed by atoms with Crippen LogP contribution >= 0.6 is 0 Å². The van der Waals surface area contributed by atoms with Gasteiger partial charge in [-0.2, -0.15) is 0 Å². The van der Waals surface area contributed by atoms with Gasteiger partial charge in [0.05, 0.1) is 4.92 Å². The van der Waals surface area contributed by atoms with E-state index in [4.69, 9.17) is 5.73 Å². The number of hydrogen-bond acceptors (Lipinski definition) is 5. The Hall–Kier alpha value is -1.66. The van der Waals surface area contributed by atoms with E-state index in [0.29, 0.717) is 12.2 Å². The smallest absolute Gasteiger partial charge is 0.269 e. The Morgan fingerprint density at radius 3 is 2.61 bits per heavy atom. The van der Waals surface area contributed by atoms with Crippen molar-refractivity contribution in [3.8, 4) is 0 Å². The number of non-ortho nitro benzene ring substituents is 1. The lowest BCUT2D eigenvalue weighted by Crippen LogP contribution is -2.43. The van der Waals surface area contributed by atoms with E-state index < -0.39 is 0 Å². The number of piperazine rings is 1. The van der Waals surface area contributed by atoms with Crippen LogP contribution in [0, 0.1) is 10.1 Å². The largest absolute Gasteiger partial charge is 0.398 e. The van der Waals surface area contributed by atoms with E-state index in [1.807, 2.05) is 0 Å². The van der Waals surface area contributed by atoms with Gasteiger partial charge in [0, 0.05) is 50.5 Å². The molecule has 1 aliphatic rings. The van der Waals surface area contributed by atoms with E-state index in [-0.39, 0.29) is 10.6 Å². The lowest BCUT2D eigenvalue weighted by atomic mass is 10.1. The summed E-state index contributed by atoms with van der Waals surface area (Å²) in [6, 6.07) is 4.64. The number of nitro groups is 1. The number of likely N-dealkylation sites (N-methyl/N-ethyl adjacent to an activating group) is 1. The minimum atomic E-state index is -0.382. The molecule has 0 unspecified atom stereocenters. The molecule has 6 heteroatoms. The zero-order valence-corrected chi connectivity index (χ0v) is 10.5. The molecule has 0 saturated carbocycles. The molecule has 1 aliphatic heterocycles. The van der Waals surface area contributed by atoms with Crippen molar-refractivity contribution in [1.82, 2.24) is 9.80 Å². The van der Waals surface area contributed by atoms with E-state index in [1.165, 1.54) is 6.07 Å². The van der Waals surface area contributed by atoms with Gasteiger partial charge in [0.2, 0.25) is 0 Å². The van der Waals surface area contributed by atoms with Gasteiger partial charge < -0.3 is 10.6 Å². The van der Waals surface area contributed by atoms with Gasteiger partial charge in [-0.1, -0.05) is 0 Å². The second kappa shape index (κ2) is 5.32. The van der Waals surface area contributed by atoms with Crippen LogP contribution in [-0.2, 0) is 6.54 Å². The van der Waals surface area contributed by atoms with E-state index in [9.17, 15) is 10.1 Å². The third-order valence-corrected chi connectivity index (χ3v) is 3.33. The minimum absolute atomic E-state index is 0.105. The minimum Gasteiger partial charge on any atom is -0.398 e. The Morgan fingerprint density at radius 1 is 1.33 bits per heavy atom. The summed E-state index contributed by atoms with van der Waals surface area (Å²) < 4.78 is 0. The number of benzene rings is 1. The number of nitrogens with two attached hydrogens (primary N) is 1. The van der Waals surface area contributed by atoms with Crippen molar-refractivity contribution in [3.63, 3.8) is 0 Å². The van der Waals surface area contributed by atoms with Crippen LogP contribution in [0.2, 0.25) is 0 Å². The van der Waals surface area contributed by atoms with Crippen molar-refractivity contribution < 1.29 is 4.92 Å². The molecule has 1 saturated heterocycles. The van der Waals surface area contributed by atoms with Crippen LogP contribution in [0.1, 0.15) is 5.56 Å². The van der Waals surface area contributed by atoms with Crippen LogP contribution < -0.4 is 5.73 Å². The van der Waals surface area contributed by atoms with Crippen LogP contribution in [-0.4, -0.2) is 47.9 Å². The molecular weight excluding hydrogens is 232 g/mol. The third-order valence-electron chi connectivity index (χ3n) is 3.33. The fourth-order valence-corrected chi connectivity index (χ4v) is 2.09. The molecule has 0 radical (unpaired) electrons. The molecule has 0 aliphatic carbocycles. The second-order valence-electron chi connectivity index (χ2n) is 4.72. The normalized spacial score (nSPS) is 17.8. The molecule has 2 N–H and O–H groups in total. The van der Waals surface area contributed by atoms with Gasteiger partial charge >= 0.3 is 0 Å². The SMILES string of the molecule is CN1CCN(Cc2cc([N+](=O)[O-])ccc2N)CC1. The van der Waals surface area contributed by atoms with Crippen LogP contribution in [0.4, 0.5) is 11.4 Å². The van der Waals surface area contributed by atoms with Crippen molar-refractivity contribution in [1.29, 1.82) is 0 Å². The quantitative estimate of drug-likeness (QED) is 0.490. The monoisotopic (exact) mass is 250 g/mol. The Kier molecular flexibility index (Phi) is 3.78. The molecule has 0 amide bonds. The first-order valence-electron chi connectivity index (χ1n) is 6.00. The van der Waals surface area contributed by atoms with E-state index in [2.05, 4.69) is 16.8 Å². The molecule has 0 spiro atoms. The molecule has 0 aromatic heterocycles. The molecule has 98 valence electrons. The highest BCUT2D eigenvalue weighted by Crippen LogP contribution is 2.21. The highest BCUT2D eigenvalue weighted by atomic mass is 16.6. The molecule has 1 heterocycles. The van der Waals surface area contributed by atoms with Crippen LogP contribution in [0.5, 0.6) is 0 Å². The predicted octanol–water partition coefficient (Wildman–Crippen LogP) is 0.924. The van der Waals surface area contributed by atoms with Gasteiger partial charge in [-0.05, 0) is 18.7 Å². The maximum absolute atomic E-state index is 10.7. The molecule has 0 bridgehead atoms. The maximum Gasteiger partial charge on any atom is 0.269 e. The van der Waals surface area contributed by atoms with Gasteiger partial charge in [0.25, 0.3) is 5.69 Å². The van der Waals surface area contributed by atoms with Crippen LogP contribution in [0.3, 0.4) is 0 Å². The first-order chi connectivity index (χ1) is 8.56. The van der Waals surface area contributed by atoms with Crippen molar-refractivity contribution in [3.05, 3.63) is 33.9 Å². The van der Waals surface area contributed by atoms with Crippen LogP contribution in [0.25, 0.3) is 0 Å². The zero-order valence-electron chi connectivity index (χ0n) is 10.5. The van der Waals surface area contributed by atoms with Gasteiger partial charge in [-0.25, -0.2) is 0 Å². The standard InChI is InChI=1S/C12H18N4O2/c1-14-4-6-15(7-5-14)9-10-8-11(16(17)18)2-3-12(10)13/h2-3,8H,4-7,9,13H2,1H3. The average Bonchev–Trinajstić information content (AvgIpc) is 2.34. The van der Waals surface area contributed by atoms with Crippen molar-refractivity contribution >= 4 is 11.4 Å². The summed E-state index contributed by atoms with van der Waals surface area (Å²) in [6.45, 7) is 4.67. The maximum atomic E-state index is 10.7. The van der Waals surface area contributed by atoms with Gasteiger partial charge in [0.1, 0.15) is 0 Å². The number of anilines is 1. The average molecular weight is 250 g/mol. The fourth-order valence-electron chi connectivity index (χ4n) is 2.09. The van der Waals surface area contributed by atoms with Crippen molar-refractivity contribution in [2.75, 3.05) is 39.0 Å². The summed E-state index contributed by atoms with van der Waals surface area (Å²) in [5, 5.41) is 10.7. The second-order valence-corrected chi connectivity index (χ2v) is 4.72. The Morgan fingerprint density at radius 2 is 2.00 bits per heavy atom. The molecule has 2 rings (SSSR count). The van der Waals surface area contributed by atoms with Crippen LogP contribution in [0.15, 0.2) is 18.2 Å². The highest BCUT2D eigenvalue weighted by molar-refractivity contribution is 5.52. The Bertz CT molecular complexity index is 442. The molecule has 6 nitrogen and oxygen atoms in total. The molecule has 1 aromatic carbocycles. The van der Waals surface area contributed by atoms with Gasteiger partial charge in [0.15, 0.2) is 0 Å². The summed E-state index contributed by atoms with van der Waals surface area (Å²) in [5.74, 6) is 0. The molecule has 1 aromatic rings. The summed E-state index contributed by atoms with van der Waals surface area (Å²) in [5.41, 5.74) is 7.45. The predicted molar refractivity (Wildman–Crippen MR) is 70.3 cm³/mol. The van der Waals surface area contributed by atoms with Crippen molar-refractivity contribution in [2.24, 2.45) is 0 Å². The zero-order chi connectivity index (χ0) is 13.1. The van der Waals surface area contributed by atoms with Gasteiger partial charge in [-0.15, -0.1) is 0 Å². The summed E-state index contributed by atoms with van der Waals surface area (Å²) in [4.78, 5) is 14.9. The summed E-state index contributed by atoms with van der Waals surface area (Å²) in [6.07, 6.45) is 0. The summed E-state index contributed by atoms with van der Waals surface area (Å²) >= 11 is 0. The topological polar surface area (TPSA) is 75.6 Å². The first-order valence-corrected chi connectivity index (χ1v) is 6.00. The number of rotatable bonds is 3. The molecular formula is C12H18N4O2. The summed E-state index contributed by atoms with van der Waals surface area (Å²) in [7, 11) is 2.10. The Balaban J connectivity index is 2.08. The lowest BCUT2D eigenvalue weighted by Gasteiger charge is -2.32. The third kappa shape index (κ3) is 2.96.